The fraction of sp³-hybridized carbons (Fsp3) is 1.00. The fourth-order valence-electron chi connectivity index (χ4n) is 5.61. The second-order valence-electron chi connectivity index (χ2n) is 10.4. The van der Waals surface area contributed by atoms with Crippen LogP contribution in [0.4, 0.5) is 0 Å². The smallest absolute Gasteiger partial charge is 0.200 e. The molecule has 6 heteroatoms. The zero-order valence-electron chi connectivity index (χ0n) is 20.5. The van der Waals surface area contributed by atoms with E-state index in [1.807, 2.05) is 0 Å². The maximum atomic E-state index is 6.94. The van der Waals surface area contributed by atoms with Crippen molar-refractivity contribution in [3.8, 4) is 0 Å². The predicted molar refractivity (Wildman–Crippen MR) is 132 cm³/mol. The quantitative estimate of drug-likeness (QED) is 0.356. The van der Waals surface area contributed by atoms with Gasteiger partial charge in [0.15, 0.2) is 14.1 Å². The summed E-state index contributed by atoms with van der Waals surface area (Å²) in [6.45, 7) is 23.7. The molecule has 0 spiro atoms. The van der Waals surface area contributed by atoms with Crippen LogP contribution >= 0.6 is 23.5 Å². The molecule has 0 amide bonds. The third kappa shape index (κ3) is 5.98. The molecular weight excluding hydrogens is 416 g/mol. The number of hydrogen-bond donors (Lipinski definition) is 0. The maximum absolute atomic E-state index is 6.94. The van der Waals surface area contributed by atoms with Gasteiger partial charge in [0.2, 0.25) is 0 Å². The average molecular weight is 463 g/mol. The molecule has 0 aromatic carbocycles. The van der Waals surface area contributed by atoms with Gasteiger partial charge in [0.25, 0.3) is 0 Å². The first-order valence-electron chi connectivity index (χ1n) is 11.6. The third-order valence-electron chi connectivity index (χ3n) is 6.96. The first-order valence-corrected chi connectivity index (χ1v) is 15.9. The number of thioether (sulfide) groups is 2. The molecule has 2 aliphatic rings. The standard InChI is InChI=1S/C23H46O3S2Si/c1-15(2)29(16(3)4,17(5)6)24-14-20-18(7)21(26-23(9,10)25-20)19(8)22-27-12-11-13-28-22/h15-22H,11-14H2,1-10H3/t18-,19+,20+,21-/m1/s1. The van der Waals surface area contributed by atoms with E-state index in [9.17, 15) is 0 Å². The lowest BCUT2D eigenvalue weighted by Crippen LogP contribution is -2.57. The van der Waals surface area contributed by atoms with Crippen molar-refractivity contribution in [2.24, 2.45) is 11.8 Å². The Morgan fingerprint density at radius 2 is 1.45 bits per heavy atom. The molecular formula is C23H46O3S2Si. The molecule has 0 aromatic heterocycles. The third-order valence-corrected chi connectivity index (χ3v) is 16.4. The molecule has 2 aliphatic heterocycles. The molecule has 0 radical (unpaired) electrons. The summed E-state index contributed by atoms with van der Waals surface area (Å²) in [6, 6.07) is 0. The van der Waals surface area contributed by atoms with Crippen molar-refractivity contribution in [1.29, 1.82) is 0 Å². The Balaban J connectivity index is 2.16. The Labute approximate surface area is 190 Å². The number of rotatable bonds is 8. The lowest BCUT2D eigenvalue weighted by atomic mass is 9.88. The minimum atomic E-state index is -1.90. The number of ether oxygens (including phenoxy) is 2. The van der Waals surface area contributed by atoms with Gasteiger partial charge in [-0.05, 0) is 48.4 Å². The Hall–Kier alpha value is 0.797. The van der Waals surface area contributed by atoms with Crippen LogP contribution in [0.15, 0.2) is 0 Å². The summed E-state index contributed by atoms with van der Waals surface area (Å²) in [5.41, 5.74) is 1.78. The molecule has 4 atom stereocenters. The van der Waals surface area contributed by atoms with Crippen LogP contribution in [-0.2, 0) is 13.9 Å². The largest absolute Gasteiger partial charge is 0.413 e. The molecule has 2 heterocycles. The molecule has 0 N–H and O–H groups in total. The van der Waals surface area contributed by atoms with E-state index in [1.54, 1.807) is 0 Å². The van der Waals surface area contributed by atoms with Gasteiger partial charge >= 0.3 is 0 Å². The van der Waals surface area contributed by atoms with Crippen LogP contribution in [0.5, 0.6) is 0 Å². The van der Waals surface area contributed by atoms with E-state index in [2.05, 4.69) is 92.8 Å². The Morgan fingerprint density at radius 1 is 0.931 bits per heavy atom. The van der Waals surface area contributed by atoms with Gasteiger partial charge in [0.05, 0.1) is 23.4 Å². The van der Waals surface area contributed by atoms with Crippen LogP contribution in [0, 0.1) is 11.8 Å². The molecule has 2 rings (SSSR count). The van der Waals surface area contributed by atoms with Gasteiger partial charge in [-0.2, -0.15) is 0 Å². The Kier molecular flexibility index (Phi) is 9.53. The van der Waals surface area contributed by atoms with Crippen molar-refractivity contribution in [3.05, 3.63) is 0 Å². The number of hydrogen-bond acceptors (Lipinski definition) is 5. The summed E-state index contributed by atoms with van der Waals surface area (Å²) in [4.78, 5) is 0. The summed E-state index contributed by atoms with van der Waals surface area (Å²) in [6.07, 6.45) is 1.63. The summed E-state index contributed by atoms with van der Waals surface area (Å²) < 4.78 is 20.5. The van der Waals surface area contributed by atoms with Crippen LogP contribution in [0.1, 0.15) is 75.7 Å². The van der Waals surface area contributed by atoms with E-state index in [4.69, 9.17) is 13.9 Å². The zero-order chi connectivity index (χ0) is 22.0. The van der Waals surface area contributed by atoms with E-state index in [1.165, 1.54) is 17.9 Å². The normalized spacial score (nSPS) is 30.3. The SMILES string of the molecule is CC(C)[Si](OC[C@@H]1OC(C)(C)O[C@@H]([C@H](C)C2SCCCS2)[C@@H]1C)(C(C)C)C(C)C. The summed E-state index contributed by atoms with van der Waals surface area (Å²) in [5.74, 6) is 2.84. The second-order valence-corrected chi connectivity index (χ2v) is 18.7. The monoisotopic (exact) mass is 462 g/mol. The molecule has 0 aromatic rings. The average Bonchev–Trinajstić information content (AvgIpc) is 2.63. The molecule has 0 saturated carbocycles. The van der Waals surface area contributed by atoms with Gasteiger partial charge in [-0.1, -0.05) is 55.4 Å². The van der Waals surface area contributed by atoms with E-state index in [-0.39, 0.29) is 12.2 Å². The Morgan fingerprint density at radius 3 is 1.93 bits per heavy atom. The summed E-state index contributed by atoms with van der Waals surface area (Å²) >= 11 is 4.23. The Bertz CT molecular complexity index is 485. The molecule has 0 aliphatic carbocycles. The minimum Gasteiger partial charge on any atom is -0.413 e. The zero-order valence-corrected chi connectivity index (χ0v) is 23.1. The van der Waals surface area contributed by atoms with E-state index < -0.39 is 14.1 Å². The van der Waals surface area contributed by atoms with Gasteiger partial charge in [-0.3, -0.25) is 0 Å². The van der Waals surface area contributed by atoms with Crippen LogP contribution in [-0.4, -0.2) is 49.0 Å². The van der Waals surface area contributed by atoms with Crippen molar-refractivity contribution in [2.45, 2.75) is 115 Å². The molecule has 3 nitrogen and oxygen atoms in total. The van der Waals surface area contributed by atoms with Crippen molar-refractivity contribution < 1.29 is 13.9 Å². The van der Waals surface area contributed by atoms with Crippen LogP contribution < -0.4 is 0 Å². The lowest BCUT2D eigenvalue weighted by Gasteiger charge is -2.50. The topological polar surface area (TPSA) is 27.7 Å². The highest BCUT2D eigenvalue weighted by Crippen LogP contribution is 2.45. The van der Waals surface area contributed by atoms with Gasteiger partial charge in [-0.15, -0.1) is 23.5 Å². The van der Waals surface area contributed by atoms with Crippen molar-refractivity contribution >= 4 is 31.8 Å². The fourth-order valence-corrected chi connectivity index (χ4v) is 14.2. The molecule has 2 saturated heterocycles. The highest BCUT2D eigenvalue weighted by molar-refractivity contribution is 8.17. The molecule has 0 bridgehead atoms. The van der Waals surface area contributed by atoms with Gasteiger partial charge in [-0.25, -0.2) is 0 Å². The summed E-state index contributed by atoms with van der Waals surface area (Å²) in [5, 5.41) is 0. The molecule has 29 heavy (non-hydrogen) atoms. The first kappa shape index (κ1) is 26.1. The van der Waals surface area contributed by atoms with Crippen LogP contribution in [0.2, 0.25) is 16.6 Å². The minimum absolute atomic E-state index is 0.0907. The van der Waals surface area contributed by atoms with Crippen LogP contribution in [0.25, 0.3) is 0 Å². The second kappa shape index (κ2) is 10.6. The first-order chi connectivity index (χ1) is 13.4. The predicted octanol–water partition coefficient (Wildman–Crippen LogP) is 7.17. The highest BCUT2D eigenvalue weighted by atomic mass is 32.2. The van der Waals surface area contributed by atoms with Crippen molar-refractivity contribution in [2.75, 3.05) is 18.1 Å². The summed E-state index contributed by atoms with van der Waals surface area (Å²) in [7, 11) is -1.90. The van der Waals surface area contributed by atoms with E-state index >= 15 is 0 Å². The van der Waals surface area contributed by atoms with E-state index in [0.29, 0.717) is 39.6 Å². The van der Waals surface area contributed by atoms with Crippen molar-refractivity contribution in [1.82, 2.24) is 0 Å². The van der Waals surface area contributed by atoms with Gasteiger partial charge in [0.1, 0.15) is 0 Å². The van der Waals surface area contributed by atoms with Crippen molar-refractivity contribution in [3.63, 3.8) is 0 Å². The van der Waals surface area contributed by atoms with Crippen LogP contribution in [0.3, 0.4) is 0 Å². The molecule has 2 fully saturated rings. The lowest BCUT2D eigenvalue weighted by molar-refractivity contribution is -0.329. The molecule has 0 unspecified atom stereocenters. The maximum Gasteiger partial charge on any atom is 0.200 e. The van der Waals surface area contributed by atoms with Gasteiger partial charge in [0, 0.05) is 11.8 Å². The molecule has 172 valence electrons. The van der Waals surface area contributed by atoms with E-state index in [0.717, 1.165) is 0 Å². The highest BCUT2D eigenvalue weighted by Gasteiger charge is 2.49. The van der Waals surface area contributed by atoms with Gasteiger partial charge < -0.3 is 13.9 Å².